The van der Waals surface area contributed by atoms with Crippen LogP contribution in [-0.4, -0.2) is 12.1 Å². The van der Waals surface area contributed by atoms with Crippen molar-refractivity contribution < 1.29 is 9.13 Å². The summed E-state index contributed by atoms with van der Waals surface area (Å²) in [5.41, 5.74) is 1.52. The van der Waals surface area contributed by atoms with E-state index >= 15 is 0 Å². The summed E-state index contributed by atoms with van der Waals surface area (Å²) in [5.74, 6) is 0.479. The number of pyridine rings is 1. The highest BCUT2D eigenvalue weighted by atomic mass is 35.5. The second kappa shape index (κ2) is 7.23. The van der Waals surface area contributed by atoms with Gasteiger partial charge in [-0.15, -0.1) is 0 Å². The molecule has 0 saturated heterocycles. The third-order valence-electron chi connectivity index (χ3n) is 3.13. The third kappa shape index (κ3) is 3.37. The van der Waals surface area contributed by atoms with E-state index in [4.69, 9.17) is 16.3 Å². The van der Waals surface area contributed by atoms with Crippen LogP contribution in [0.3, 0.4) is 0 Å². The van der Waals surface area contributed by atoms with Crippen molar-refractivity contribution in [1.29, 1.82) is 0 Å². The maximum Gasteiger partial charge on any atom is 0.137 e. The molecule has 0 atom stereocenters. The molecule has 0 spiro atoms. The zero-order chi connectivity index (χ0) is 16.1. The van der Waals surface area contributed by atoms with Gasteiger partial charge >= 0.3 is 0 Å². The van der Waals surface area contributed by atoms with Gasteiger partial charge in [-0.1, -0.05) is 25.4 Å². The van der Waals surface area contributed by atoms with Crippen molar-refractivity contribution in [3.8, 4) is 17.0 Å². The Bertz CT molecular complexity index is 772. The number of rotatable bonds is 2. The maximum absolute atomic E-state index is 13.0. The standard InChI is InChI=1S/C16H11ClFNO.C2H6/c1-20-13-6-7-14-11(8-13)9-15(19-16(14)17)10-2-4-12(18)5-3-10;1-2/h2-9H,1H3;1-2H3. The lowest BCUT2D eigenvalue weighted by Crippen LogP contribution is -1.88. The second-order valence-corrected chi connectivity index (χ2v) is 4.75. The van der Waals surface area contributed by atoms with Crippen molar-refractivity contribution in [2.45, 2.75) is 13.8 Å². The predicted octanol–water partition coefficient (Wildman–Crippen LogP) is 5.73. The summed E-state index contributed by atoms with van der Waals surface area (Å²) in [6.45, 7) is 4.00. The van der Waals surface area contributed by atoms with Crippen molar-refractivity contribution >= 4 is 22.4 Å². The molecule has 0 saturated carbocycles. The highest BCUT2D eigenvalue weighted by molar-refractivity contribution is 6.34. The molecule has 2 nitrogen and oxygen atoms in total. The van der Waals surface area contributed by atoms with E-state index in [2.05, 4.69) is 4.98 Å². The van der Waals surface area contributed by atoms with Crippen LogP contribution in [0.15, 0.2) is 48.5 Å². The first kappa shape index (κ1) is 16.2. The van der Waals surface area contributed by atoms with E-state index in [1.807, 2.05) is 38.1 Å². The van der Waals surface area contributed by atoms with E-state index in [1.54, 1.807) is 19.2 Å². The zero-order valence-electron chi connectivity index (χ0n) is 12.7. The highest BCUT2D eigenvalue weighted by Crippen LogP contribution is 2.30. The van der Waals surface area contributed by atoms with E-state index < -0.39 is 0 Å². The lowest BCUT2D eigenvalue weighted by Gasteiger charge is -2.07. The van der Waals surface area contributed by atoms with Crippen molar-refractivity contribution in [3.63, 3.8) is 0 Å². The van der Waals surface area contributed by atoms with Crippen LogP contribution in [0.1, 0.15) is 13.8 Å². The largest absolute Gasteiger partial charge is 0.497 e. The van der Waals surface area contributed by atoms with Gasteiger partial charge in [0.25, 0.3) is 0 Å². The van der Waals surface area contributed by atoms with Crippen molar-refractivity contribution in [2.24, 2.45) is 0 Å². The third-order valence-corrected chi connectivity index (χ3v) is 3.42. The van der Waals surface area contributed by atoms with Crippen LogP contribution in [0.5, 0.6) is 5.75 Å². The van der Waals surface area contributed by atoms with Gasteiger partial charge in [-0.05, 0) is 53.9 Å². The van der Waals surface area contributed by atoms with Crippen molar-refractivity contribution in [2.75, 3.05) is 7.11 Å². The van der Waals surface area contributed by atoms with Gasteiger partial charge in [0.15, 0.2) is 0 Å². The number of nitrogens with zero attached hydrogens (tertiary/aromatic N) is 1. The fraction of sp³-hybridized carbons (Fsp3) is 0.167. The first-order chi connectivity index (χ1) is 10.7. The summed E-state index contributed by atoms with van der Waals surface area (Å²) < 4.78 is 18.2. The summed E-state index contributed by atoms with van der Waals surface area (Å²) in [7, 11) is 1.62. The van der Waals surface area contributed by atoms with Crippen LogP contribution in [0.2, 0.25) is 5.15 Å². The predicted molar refractivity (Wildman–Crippen MR) is 90.0 cm³/mol. The van der Waals surface area contributed by atoms with Crippen LogP contribution in [0.25, 0.3) is 22.0 Å². The number of aromatic nitrogens is 1. The Balaban J connectivity index is 0.000000847. The molecule has 0 radical (unpaired) electrons. The second-order valence-electron chi connectivity index (χ2n) is 4.39. The topological polar surface area (TPSA) is 22.1 Å². The minimum atomic E-state index is -0.276. The minimum Gasteiger partial charge on any atom is -0.497 e. The average molecular weight is 318 g/mol. The van der Waals surface area contributed by atoms with E-state index in [-0.39, 0.29) is 5.82 Å². The van der Waals surface area contributed by atoms with Gasteiger partial charge < -0.3 is 4.74 Å². The molecule has 0 unspecified atom stereocenters. The number of hydrogen-bond donors (Lipinski definition) is 0. The smallest absolute Gasteiger partial charge is 0.137 e. The van der Waals surface area contributed by atoms with Crippen LogP contribution < -0.4 is 4.74 Å². The van der Waals surface area contributed by atoms with Gasteiger partial charge in [-0.25, -0.2) is 9.37 Å². The monoisotopic (exact) mass is 317 g/mol. The summed E-state index contributed by atoms with van der Waals surface area (Å²) in [5, 5.41) is 2.21. The Morgan fingerprint density at radius 1 is 1.00 bits per heavy atom. The minimum absolute atomic E-state index is 0.276. The summed E-state index contributed by atoms with van der Waals surface area (Å²) >= 11 is 6.21. The highest BCUT2D eigenvalue weighted by Gasteiger charge is 2.07. The molecule has 0 aliphatic carbocycles. The molecule has 0 bridgehead atoms. The van der Waals surface area contributed by atoms with Gasteiger partial charge in [-0.3, -0.25) is 0 Å². The lowest BCUT2D eigenvalue weighted by atomic mass is 10.1. The van der Waals surface area contributed by atoms with Gasteiger partial charge in [-0.2, -0.15) is 0 Å². The first-order valence-corrected chi connectivity index (χ1v) is 7.45. The molecule has 4 heteroatoms. The Labute approximate surface area is 134 Å². The molecule has 3 aromatic rings. The molecule has 22 heavy (non-hydrogen) atoms. The van der Waals surface area contributed by atoms with Gasteiger partial charge in [0.2, 0.25) is 0 Å². The lowest BCUT2D eigenvalue weighted by molar-refractivity contribution is 0.415. The van der Waals surface area contributed by atoms with Gasteiger partial charge in [0, 0.05) is 10.9 Å². The van der Waals surface area contributed by atoms with Crippen molar-refractivity contribution in [1.82, 2.24) is 4.98 Å². The molecule has 114 valence electrons. The number of halogens is 2. The van der Waals surface area contributed by atoms with Crippen molar-refractivity contribution in [3.05, 3.63) is 59.5 Å². The van der Waals surface area contributed by atoms with Gasteiger partial charge in [0.1, 0.15) is 16.7 Å². The number of benzene rings is 2. The maximum atomic E-state index is 13.0. The summed E-state index contributed by atoms with van der Waals surface area (Å²) in [6.07, 6.45) is 0. The SMILES string of the molecule is CC.COc1ccc2c(Cl)nc(-c3ccc(F)cc3)cc2c1. The van der Waals surface area contributed by atoms with Crippen LogP contribution >= 0.6 is 11.6 Å². The van der Waals surface area contributed by atoms with Crippen LogP contribution in [-0.2, 0) is 0 Å². The number of methoxy groups -OCH3 is 1. The Kier molecular flexibility index (Phi) is 5.34. The van der Waals surface area contributed by atoms with E-state index in [0.29, 0.717) is 10.8 Å². The number of hydrogen-bond acceptors (Lipinski definition) is 2. The normalized spacial score (nSPS) is 10.0. The molecule has 0 aliphatic heterocycles. The summed E-state index contributed by atoms with van der Waals surface area (Å²) in [4.78, 5) is 4.36. The molecule has 0 amide bonds. The van der Waals surface area contributed by atoms with E-state index in [9.17, 15) is 4.39 Å². The molecule has 0 N–H and O–H groups in total. The number of ether oxygens (including phenoxy) is 1. The number of fused-ring (bicyclic) bond motifs is 1. The Morgan fingerprint density at radius 2 is 1.68 bits per heavy atom. The van der Waals surface area contributed by atoms with E-state index in [0.717, 1.165) is 22.1 Å². The molecule has 1 aromatic heterocycles. The first-order valence-electron chi connectivity index (χ1n) is 7.07. The van der Waals surface area contributed by atoms with Crippen LogP contribution in [0, 0.1) is 5.82 Å². The zero-order valence-corrected chi connectivity index (χ0v) is 13.5. The molecule has 0 aliphatic rings. The molecule has 1 heterocycles. The molecular formula is C18H17ClFNO. The summed E-state index contributed by atoms with van der Waals surface area (Å²) in [6, 6.07) is 13.7. The molecule has 3 rings (SSSR count). The average Bonchev–Trinajstić information content (AvgIpc) is 2.56. The van der Waals surface area contributed by atoms with Gasteiger partial charge in [0.05, 0.1) is 12.8 Å². The molecule has 2 aromatic carbocycles. The quantitative estimate of drug-likeness (QED) is 0.563. The molecular weight excluding hydrogens is 301 g/mol. The fourth-order valence-corrected chi connectivity index (χ4v) is 2.35. The van der Waals surface area contributed by atoms with Crippen LogP contribution in [0.4, 0.5) is 4.39 Å². The van der Waals surface area contributed by atoms with E-state index in [1.165, 1.54) is 12.1 Å². The fourth-order valence-electron chi connectivity index (χ4n) is 2.09. The Hall–Kier alpha value is -2.13. The Morgan fingerprint density at radius 3 is 2.32 bits per heavy atom. The molecule has 0 fully saturated rings.